The molecule has 0 bridgehead atoms. The van der Waals surface area contributed by atoms with Crippen LogP contribution < -0.4 is 0 Å². The fourth-order valence-electron chi connectivity index (χ4n) is 4.03. The lowest BCUT2D eigenvalue weighted by Crippen LogP contribution is -2.39. The van der Waals surface area contributed by atoms with Crippen molar-refractivity contribution in [2.75, 3.05) is 18.8 Å². The summed E-state index contributed by atoms with van der Waals surface area (Å²) in [6.45, 7) is 5.75. The van der Waals surface area contributed by atoms with E-state index in [1.54, 1.807) is 0 Å². The van der Waals surface area contributed by atoms with Crippen LogP contribution in [0.3, 0.4) is 0 Å². The molecule has 30 heavy (non-hydrogen) atoms. The smallest absolute Gasteiger partial charge is 0.277 e. The summed E-state index contributed by atoms with van der Waals surface area (Å²) in [4.78, 5) is 14.6. The molecule has 0 unspecified atom stereocenters. The van der Waals surface area contributed by atoms with Gasteiger partial charge in [-0.3, -0.25) is 4.79 Å². The third-order valence-electron chi connectivity index (χ3n) is 5.53. The van der Waals surface area contributed by atoms with Crippen LogP contribution in [-0.4, -0.2) is 39.8 Å². The highest BCUT2D eigenvalue weighted by atomic mass is 32.2. The molecule has 1 fully saturated rings. The molecule has 0 saturated carbocycles. The fourth-order valence-corrected chi connectivity index (χ4v) is 4.70. The number of hydrogen-bond acceptors (Lipinski definition) is 5. The molecule has 5 nitrogen and oxygen atoms in total. The molecule has 1 aromatic heterocycles. The van der Waals surface area contributed by atoms with Gasteiger partial charge in [-0.05, 0) is 56.7 Å². The van der Waals surface area contributed by atoms with E-state index in [0.29, 0.717) is 22.8 Å². The Morgan fingerprint density at radius 2 is 1.77 bits per heavy atom. The number of thioether (sulfide) groups is 1. The van der Waals surface area contributed by atoms with Gasteiger partial charge < -0.3 is 9.32 Å². The van der Waals surface area contributed by atoms with Crippen molar-refractivity contribution in [1.29, 1.82) is 0 Å². The maximum Gasteiger partial charge on any atom is 0.277 e. The highest BCUT2D eigenvalue weighted by Crippen LogP contribution is 2.26. The van der Waals surface area contributed by atoms with E-state index in [1.807, 2.05) is 30.9 Å². The maximum atomic E-state index is 12.6. The number of likely N-dealkylation sites (tertiary alicyclic amines) is 1. The molecular formula is C24H27N3O2S. The molecule has 0 spiro atoms. The molecule has 6 heteroatoms. The van der Waals surface area contributed by atoms with Crippen molar-refractivity contribution >= 4 is 17.7 Å². The Kier molecular flexibility index (Phi) is 6.53. The average Bonchev–Trinajstić information content (AvgIpc) is 3.22. The molecule has 1 saturated heterocycles. The molecule has 1 amide bonds. The molecule has 3 aromatic rings. The minimum absolute atomic E-state index is 0.143. The summed E-state index contributed by atoms with van der Waals surface area (Å²) in [7, 11) is 0. The second-order valence-electron chi connectivity index (χ2n) is 8.05. The largest absolute Gasteiger partial charge is 0.411 e. The predicted molar refractivity (Wildman–Crippen MR) is 119 cm³/mol. The van der Waals surface area contributed by atoms with Gasteiger partial charge in [-0.25, -0.2) is 0 Å². The Morgan fingerprint density at radius 1 is 1.07 bits per heavy atom. The van der Waals surface area contributed by atoms with Crippen LogP contribution in [-0.2, 0) is 11.2 Å². The van der Waals surface area contributed by atoms with Crippen molar-refractivity contribution < 1.29 is 9.21 Å². The van der Waals surface area contributed by atoms with Gasteiger partial charge in [0.25, 0.3) is 5.22 Å². The van der Waals surface area contributed by atoms with Gasteiger partial charge in [0.05, 0.1) is 5.75 Å². The van der Waals surface area contributed by atoms with E-state index in [4.69, 9.17) is 4.42 Å². The van der Waals surface area contributed by atoms with E-state index in [-0.39, 0.29) is 5.91 Å². The summed E-state index contributed by atoms with van der Waals surface area (Å²) in [5.74, 6) is 1.63. The van der Waals surface area contributed by atoms with E-state index in [9.17, 15) is 4.79 Å². The molecule has 1 aliphatic heterocycles. The van der Waals surface area contributed by atoms with Crippen molar-refractivity contribution in [3.05, 3.63) is 65.2 Å². The lowest BCUT2D eigenvalue weighted by atomic mass is 9.90. The van der Waals surface area contributed by atoms with Crippen LogP contribution in [0.2, 0.25) is 0 Å². The van der Waals surface area contributed by atoms with E-state index in [0.717, 1.165) is 49.0 Å². The number of carbonyl (C=O) groups is 1. The zero-order chi connectivity index (χ0) is 20.9. The standard InChI is InChI=1S/C24H27N3O2S/c1-17-12-18(2)14-21(13-17)23-25-26-24(29-23)30-16-22(28)27-10-8-20(9-11-27)15-19-6-4-3-5-7-19/h3-7,12-14,20H,8-11,15-16H2,1-2H3. The fraction of sp³-hybridized carbons (Fsp3) is 0.375. The minimum Gasteiger partial charge on any atom is -0.411 e. The third kappa shape index (κ3) is 5.30. The molecule has 0 aliphatic carbocycles. The van der Waals surface area contributed by atoms with E-state index < -0.39 is 0 Å². The first-order valence-electron chi connectivity index (χ1n) is 10.4. The molecule has 2 heterocycles. The molecule has 0 N–H and O–H groups in total. The van der Waals surface area contributed by atoms with E-state index in [1.165, 1.54) is 17.3 Å². The van der Waals surface area contributed by atoms with Crippen molar-refractivity contribution in [1.82, 2.24) is 15.1 Å². The van der Waals surface area contributed by atoms with E-state index in [2.05, 4.69) is 46.6 Å². The number of carbonyl (C=O) groups excluding carboxylic acids is 1. The second-order valence-corrected chi connectivity index (χ2v) is 8.98. The highest BCUT2D eigenvalue weighted by Gasteiger charge is 2.23. The van der Waals surface area contributed by atoms with Gasteiger partial charge in [0.15, 0.2) is 0 Å². The van der Waals surface area contributed by atoms with Crippen molar-refractivity contribution in [3.8, 4) is 11.5 Å². The average molecular weight is 422 g/mol. The predicted octanol–water partition coefficient (Wildman–Crippen LogP) is 4.93. The summed E-state index contributed by atoms with van der Waals surface area (Å²) in [5.41, 5.74) is 4.61. The molecule has 1 aliphatic rings. The number of aryl methyl sites for hydroxylation is 2. The van der Waals surface area contributed by atoms with Crippen LogP contribution in [0.1, 0.15) is 29.5 Å². The summed E-state index contributed by atoms with van der Waals surface area (Å²) >= 11 is 1.32. The number of benzene rings is 2. The van der Waals surface area contributed by atoms with Crippen LogP contribution in [0.25, 0.3) is 11.5 Å². The zero-order valence-electron chi connectivity index (χ0n) is 17.5. The summed E-state index contributed by atoms with van der Waals surface area (Å²) < 4.78 is 5.77. The first-order valence-corrected chi connectivity index (χ1v) is 11.4. The van der Waals surface area contributed by atoms with Crippen molar-refractivity contribution in [2.24, 2.45) is 5.92 Å². The van der Waals surface area contributed by atoms with Crippen molar-refractivity contribution in [3.63, 3.8) is 0 Å². The SMILES string of the molecule is Cc1cc(C)cc(-c2nnc(SCC(=O)N3CCC(Cc4ccccc4)CC3)o2)c1. The van der Waals surface area contributed by atoms with Crippen LogP contribution in [0.4, 0.5) is 0 Å². The van der Waals surface area contributed by atoms with Gasteiger partial charge >= 0.3 is 0 Å². The molecule has 0 radical (unpaired) electrons. The van der Waals surface area contributed by atoms with Crippen LogP contribution >= 0.6 is 11.8 Å². The Bertz CT molecular complexity index is 974. The number of piperidine rings is 1. The quantitative estimate of drug-likeness (QED) is 0.528. The minimum atomic E-state index is 0.143. The Hall–Kier alpha value is -2.60. The zero-order valence-corrected chi connectivity index (χ0v) is 18.3. The van der Waals surface area contributed by atoms with E-state index >= 15 is 0 Å². The summed E-state index contributed by atoms with van der Waals surface area (Å²) in [5, 5.41) is 8.69. The van der Waals surface area contributed by atoms with Crippen LogP contribution in [0.15, 0.2) is 58.2 Å². The molecule has 156 valence electrons. The summed E-state index contributed by atoms with van der Waals surface area (Å²) in [6, 6.07) is 16.8. The monoisotopic (exact) mass is 421 g/mol. The topological polar surface area (TPSA) is 59.2 Å². The molecular weight excluding hydrogens is 394 g/mol. The van der Waals surface area contributed by atoms with Gasteiger partial charge in [0.2, 0.25) is 11.8 Å². The van der Waals surface area contributed by atoms with Gasteiger partial charge in [-0.2, -0.15) is 0 Å². The van der Waals surface area contributed by atoms with Gasteiger partial charge in [-0.1, -0.05) is 59.3 Å². The maximum absolute atomic E-state index is 12.6. The number of rotatable bonds is 6. The van der Waals surface area contributed by atoms with Gasteiger partial charge in [0.1, 0.15) is 0 Å². The molecule has 2 aromatic carbocycles. The van der Waals surface area contributed by atoms with Gasteiger partial charge in [0, 0.05) is 18.7 Å². The molecule has 0 atom stereocenters. The number of aromatic nitrogens is 2. The normalized spacial score (nSPS) is 14.8. The molecule has 4 rings (SSSR count). The third-order valence-corrected chi connectivity index (χ3v) is 6.33. The van der Waals surface area contributed by atoms with Gasteiger partial charge in [-0.15, -0.1) is 10.2 Å². The lowest BCUT2D eigenvalue weighted by molar-refractivity contribution is -0.129. The summed E-state index contributed by atoms with van der Waals surface area (Å²) in [6.07, 6.45) is 3.21. The first-order chi connectivity index (χ1) is 14.6. The Morgan fingerprint density at radius 3 is 2.47 bits per heavy atom. The lowest BCUT2D eigenvalue weighted by Gasteiger charge is -2.32. The van der Waals surface area contributed by atoms with Crippen LogP contribution in [0, 0.1) is 19.8 Å². The first kappa shape index (κ1) is 20.7. The Balaban J connectivity index is 1.26. The van der Waals surface area contributed by atoms with Crippen LogP contribution in [0.5, 0.6) is 0 Å². The number of amides is 1. The van der Waals surface area contributed by atoms with Crippen molar-refractivity contribution in [2.45, 2.75) is 38.3 Å². The number of nitrogens with zero attached hydrogens (tertiary/aromatic N) is 3. The highest BCUT2D eigenvalue weighted by molar-refractivity contribution is 7.99. The Labute approximate surface area is 181 Å². The number of hydrogen-bond donors (Lipinski definition) is 0. The second kappa shape index (κ2) is 9.47.